The summed E-state index contributed by atoms with van der Waals surface area (Å²) >= 11 is 0. The summed E-state index contributed by atoms with van der Waals surface area (Å²) in [5.74, 6) is 1.17. The molecule has 2 unspecified atom stereocenters. The van der Waals surface area contributed by atoms with Crippen LogP contribution in [0, 0.1) is 11.8 Å². The first-order valence-electron chi connectivity index (χ1n) is 6.71. The number of hydrogen-bond acceptors (Lipinski definition) is 3. The highest BCUT2D eigenvalue weighted by Crippen LogP contribution is 2.38. The van der Waals surface area contributed by atoms with Crippen LogP contribution in [0.2, 0.25) is 0 Å². The van der Waals surface area contributed by atoms with E-state index in [-0.39, 0.29) is 5.25 Å². The highest BCUT2D eigenvalue weighted by Gasteiger charge is 2.47. The Labute approximate surface area is 104 Å². The number of nitrogens with zero attached hydrogens (tertiary/aromatic N) is 2. The Morgan fingerprint density at radius 3 is 1.94 bits per heavy atom. The maximum absolute atomic E-state index is 12.1. The van der Waals surface area contributed by atoms with Gasteiger partial charge in [-0.1, -0.05) is 0 Å². The fourth-order valence-electron chi connectivity index (χ4n) is 3.23. The molecule has 0 aromatic heterocycles. The molecule has 0 aromatic carbocycles. The van der Waals surface area contributed by atoms with Crippen LogP contribution in [0.4, 0.5) is 0 Å². The van der Waals surface area contributed by atoms with E-state index in [2.05, 4.69) is 4.90 Å². The van der Waals surface area contributed by atoms with Crippen LogP contribution in [0.1, 0.15) is 26.7 Å². The molecule has 0 radical (unpaired) electrons. The van der Waals surface area contributed by atoms with Crippen molar-refractivity contribution in [1.82, 2.24) is 9.21 Å². The number of rotatable bonds is 3. The van der Waals surface area contributed by atoms with E-state index < -0.39 is 10.0 Å². The molecule has 5 heteroatoms. The highest BCUT2D eigenvalue weighted by molar-refractivity contribution is 7.89. The predicted molar refractivity (Wildman–Crippen MR) is 67.2 cm³/mol. The summed E-state index contributed by atoms with van der Waals surface area (Å²) in [6, 6.07) is 0.829. The van der Waals surface area contributed by atoms with Gasteiger partial charge in [0, 0.05) is 32.2 Å². The Balaban J connectivity index is 1.65. The first-order valence-corrected chi connectivity index (χ1v) is 8.22. The van der Waals surface area contributed by atoms with Gasteiger partial charge >= 0.3 is 0 Å². The number of hydrogen-bond donors (Lipinski definition) is 0. The molecule has 1 aliphatic carbocycles. The Hall–Kier alpha value is -0.130. The second-order valence-corrected chi connectivity index (χ2v) is 8.61. The minimum absolute atomic E-state index is 0.277. The second-order valence-electron chi connectivity index (χ2n) is 6.12. The molecule has 2 saturated heterocycles. The monoisotopic (exact) mass is 258 g/mol. The molecule has 1 saturated carbocycles. The van der Waals surface area contributed by atoms with Crippen LogP contribution in [-0.4, -0.2) is 55.1 Å². The summed E-state index contributed by atoms with van der Waals surface area (Å²) in [5.41, 5.74) is 0. The molecule has 0 N–H and O–H groups in total. The molecular formula is C12H22N2O2S. The zero-order chi connectivity index (χ0) is 12.2. The predicted octanol–water partition coefficient (Wildman–Crippen LogP) is 0.751. The van der Waals surface area contributed by atoms with Crippen molar-refractivity contribution in [2.75, 3.05) is 26.2 Å². The van der Waals surface area contributed by atoms with Crippen LogP contribution in [-0.2, 0) is 10.0 Å². The first-order chi connectivity index (χ1) is 7.98. The topological polar surface area (TPSA) is 40.6 Å². The summed E-state index contributed by atoms with van der Waals surface area (Å²) in [6.45, 7) is 7.32. The SMILES string of the molecule is CC(C)S(=O)(=O)N1CC2CN(C3CC3)CC2C1. The van der Waals surface area contributed by atoms with Crippen molar-refractivity contribution in [3.63, 3.8) is 0 Å². The lowest BCUT2D eigenvalue weighted by Gasteiger charge is -2.22. The normalized spacial score (nSPS) is 35.7. The van der Waals surface area contributed by atoms with E-state index in [9.17, 15) is 8.42 Å². The largest absolute Gasteiger partial charge is 0.300 e. The fourth-order valence-corrected chi connectivity index (χ4v) is 4.62. The van der Waals surface area contributed by atoms with Crippen LogP contribution in [0.15, 0.2) is 0 Å². The van der Waals surface area contributed by atoms with Crippen molar-refractivity contribution >= 4 is 10.0 Å². The fraction of sp³-hybridized carbons (Fsp3) is 1.00. The van der Waals surface area contributed by atoms with Gasteiger partial charge in [-0.3, -0.25) is 4.90 Å². The van der Waals surface area contributed by atoms with E-state index in [1.807, 2.05) is 0 Å². The summed E-state index contributed by atoms with van der Waals surface area (Å²) < 4.78 is 25.9. The van der Waals surface area contributed by atoms with Crippen LogP contribution >= 0.6 is 0 Å². The van der Waals surface area contributed by atoms with Gasteiger partial charge < -0.3 is 0 Å². The molecule has 98 valence electrons. The molecule has 2 aliphatic heterocycles. The first kappa shape index (κ1) is 11.9. The third-order valence-corrected chi connectivity index (χ3v) is 6.71. The zero-order valence-corrected chi connectivity index (χ0v) is 11.5. The van der Waals surface area contributed by atoms with E-state index >= 15 is 0 Å². The van der Waals surface area contributed by atoms with Crippen LogP contribution in [0.5, 0.6) is 0 Å². The molecule has 0 aromatic rings. The van der Waals surface area contributed by atoms with E-state index in [4.69, 9.17) is 0 Å². The third kappa shape index (κ3) is 2.02. The zero-order valence-electron chi connectivity index (χ0n) is 10.7. The van der Waals surface area contributed by atoms with Crippen LogP contribution < -0.4 is 0 Å². The van der Waals surface area contributed by atoms with E-state index in [0.717, 1.165) is 32.2 Å². The van der Waals surface area contributed by atoms with Gasteiger partial charge in [-0.05, 0) is 38.5 Å². The molecule has 0 amide bonds. The Bertz CT molecular complexity index is 389. The summed E-state index contributed by atoms with van der Waals surface area (Å²) in [6.07, 6.45) is 2.71. The number of sulfonamides is 1. The van der Waals surface area contributed by atoms with Gasteiger partial charge in [-0.2, -0.15) is 0 Å². The standard InChI is InChI=1S/C12H22N2O2S/c1-9(2)17(15,16)14-7-10-5-13(12-3-4-12)6-11(10)8-14/h9-12H,3-8H2,1-2H3. The lowest BCUT2D eigenvalue weighted by Crippen LogP contribution is -2.37. The molecule has 0 spiro atoms. The quantitative estimate of drug-likeness (QED) is 0.750. The average molecular weight is 258 g/mol. The molecule has 2 heterocycles. The lowest BCUT2D eigenvalue weighted by molar-refractivity contribution is 0.287. The summed E-state index contributed by atoms with van der Waals surface area (Å²) in [4.78, 5) is 2.58. The Morgan fingerprint density at radius 2 is 1.53 bits per heavy atom. The van der Waals surface area contributed by atoms with Crippen LogP contribution in [0.25, 0.3) is 0 Å². The number of fused-ring (bicyclic) bond motifs is 1. The molecule has 3 aliphatic rings. The van der Waals surface area contributed by atoms with Crippen molar-refractivity contribution in [1.29, 1.82) is 0 Å². The van der Waals surface area contributed by atoms with E-state index in [1.54, 1.807) is 18.2 Å². The van der Waals surface area contributed by atoms with Gasteiger partial charge in [0.25, 0.3) is 0 Å². The van der Waals surface area contributed by atoms with Crippen molar-refractivity contribution in [2.24, 2.45) is 11.8 Å². The molecule has 2 atom stereocenters. The summed E-state index contributed by atoms with van der Waals surface area (Å²) in [7, 11) is -3.03. The molecule has 3 rings (SSSR count). The maximum Gasteiger partial charge on any atom is 0.216 e. The molecule has 0 bridgehead atoms. The van der Waals surface area contributed by atoms with Gasteiger partial charge in [0.1, 0.15) is 0 Å². The molecule has 3 fully saturated rings. The van der Waals surface area contributed by atoms with E-state index in [1.165, 1.54) is 12.8 Å². The minimum Gasteiger partial charge on any atom is -0.300 e. The van der Waals surface area contributed by atoms with Crippen molar-refractivity contribution in [3.05, 3.63) is 0 Å². The van der Waals surface area contributed by atoms with Gasteiger partial charge in [0.2, 0.25) is 10.0 Å². The minimum atomic E-state index is -3.03. The maximum atomic E-state index is 12.1. The third-order valence-electron chi connectivity index (χ3n) is 4.50. The van der Waals surface area contributed by atoms with Crippen LogP contribution in [0.3, 0.4) is 0 Å². The van der Waals surface area contributed by atoms with Gasteiger partial charge in [0.15, 0.2) is 0 Å². The Kier molecular flexibility index (Phi) is 2.76. The smallest absolute Gasteiger partial charge is 0.216 e. The number of likely N-dealkylation sites (tertiary alicyclic amines) is 1. The average Bonchev–Trinajstić information content (AvgIpc) is 2.88. The second kappa shape index (κ2) is 3.93. The van der Waals surface area contributed by atoms with Gasteiger partial charge in [-0.15, -0.1) is 0 Å². The van der Waals surface area contributed by atoms with Gasteiger partial charge in [-0.25, -0.2) is 12.7 Å². The Morgan fingerprint density at radius 1 is 1.00 bits per heavy atom. The van der Waals surface area contributed by atoms with Crippen molar-refractivity contribution in [2.45, 2.75) is 38.0 Å². The lowest BCUT2D eigenvalue weighted by atomic mass is 10.0. The molecular weight excluding hydrogens is 236 g/mol. The van der Waals surface area contributed by atoms with Crippen molar-refractivity contribution in [3.8, 4) is 0 Å². The van der Waals surface area contributed by atoms with Gasteiger partial charge in [0.05, 0.1) is 5.25 Å². The molecule has 4 nitrogen and oxygen atoms in total. The summed E-state index contributed by atoms with van der Waals surface area (Å²) in [5, 5.41) is -0.277. The highest BCUT2D eigenvalue weighted by atomic mass is 32.2. The van der Waals surface area contributed by atoms with Crippen molar-refractivity contribution < 1.29 is 8.42 Å². The van der Waals surface area contributed by atoms with E-state index in [0.29, 0.717) is 11.8 Å². The molecule has 17 heavy (non-hydrogen) atoms.